The summed E-state index contributed by atoms with van der Waals surface area (Å²) in [7, 11) is 0. The Morgan fingerprint density at radius 1 is 1.19 bits per heavy atom. The molecule has 0 heterocycles. The maximum atomic E-state index is 10.7. The van der Waals surface area contributed by atoms with Crippen molar-refractivity contribution in [1.29, 1.82) is 0 Å². The van der Waals surface area contributed by atoms with E-state index >= 15 is 0 Å². The van der Waals surface area contributed by atoms with Gasteiger partial charge in [-0.05, 0) is 44.8 Å². The number of benzene rings is 1. The molecule has 0 fully saturated rings. The lowest BCUT2D eigenvalue weighted by atomic mass is 9.90. The van der Waals surface area contributed by atoms with Gasteiger partial charge in [0.1, 0.15) is 0 Å². The standard InChI is InChI=1S/C16H27N3O2/c1-4-10-18(11-5-2)16(3,13-17)12-14-6-8-15(9-7-14)19(20)21/h6-9H,4-5,10-13,17H2,1-3H3. The highest BCUT2D eigenvalue weighted by Gasteiger charge is 2.29. The van der Waals surface area contributed by atoms with Gasteiger partial charge in [-0.2, -0.15) is 0 Å². The SMILES string of the molecule is CCCN(CCC)C(C)(CN)Cc1ccc([N+](=O)[O-])cc1. The lowest BCUT2D eigenvalue weighted by Crippen LogP contribution is -2.53. The van der Waals surface area contributed by atoms with E-state index < -0.39 is 0 Å². The van der Waals surface area contributed by atoms with Crippen molar-refractivity contribution in [2.24, 2.45) is 5.73 Å². The van der Waals surface area contributed by atoms with Crippen molar-refractivity contribution in [3.05, 3.63) is 39.9 Å². The smallest absolute Gasteiger partial charge is 0.269 e. The van der Waals surface area contributed by atoms with Crippen molar-refractivity contribution in [3.63, 3.8) is 0 Å². The highest BCUT2D eigenvalue weighted by atomic mass is 16.6. The van der Waals surface area contributed by atoms with Gasteiger partial charge in [0.15, 0.2) is 0 Å². The van der Waals surface area contributed by atoms with Gasteiger partial charge >= 0.3 is 0 Å². The largest absolute Gasteiger partial charge is 0.329 e. The van der Waals surface area contributed by atoms with E-state index in [1.165, 1.54) is 0 Å². The molecule has 21 heavy (non-hydrogen) atoms. The average Bonchev–Trinajstić information content (AvgIpc) is 2.47. The summed E-state index contributed by atoms with van der Waals surface area (Å²) < 4.78 is 0. The second-order valence-corrected chi connectivity index (χ2v) is 5.79. The molecule has 0 aliphatic carbocycles. The summed E-state index contributed by atoms with van der Waals surface area (Å²) in [4.78, 5) is 12.8. The molecule has 0 saturated carbocycles. The van der Waals surface area contributed by atoms with Gasteiger partial charge < -0.3 is 5.73 Å². The number of rotatable bonds is 9. The van der Waals surface area contributed by atoms with Gasteiger partial charge in [0.2, 0.25) is 0 Å². The maximum Gasteiger partial charge on any atom is 0.269 e. The molecule has 0 aliphatic rings. The van der Waals surface area contributed by atoms with E-state index in [1.54, 1.807) is 12.1 Å². The van der Waals surface area contributed by atoms with Crippen LogP contribution in [0.5, 0.6) is 0 Å². The molecule has 1 atom stereocenters. The predicted molar refractivity (Wildman–Crippen MR) is 86.4 cm³/mol. The van der Waals surface area contributed by atoms with Crippen molar-refractivity contribution in [3.8, 4) is 0 Å². The van der Waals surface area contributed by atoms with E-state index in [9.17, 15) is 10.1 Å². The molecular formula is C16H27N3O2. The summed E-state index contributed by atoms with van der Waals surface area (Å²) in [6.07, 6.45) is 2.99. The maximum absolute atomic E-state index is 10.7. The average molecular weight is 293 g/mol. The van der Waals surface area contributed by atoms with Crippen LogP contribution in [-0.4, -0.2) is 35.0 Å². The monoisotopic (exact) mass is 293 g/mol. The van der Waals surface area contributed by atoms with Gasteiger partial charge in [-0.25, -0.2) is 0 Å². The number of nitrogens with zero attached hydrogens (tertiary/aromatic N) is 2. The number of non-ortho nitro benzene ring substituents is 1. The van der Waals surface area contributed by atoms with Crippen LogP contribution in [0.2, 0.25) is 0 Å². The Morgan fingerprint density at radius 2 is 1.71 bits per heavy atom. The van der Waals surface area contributed by atoms with Crippen LogP contribution in [-0.2, 0) is 6.42 Å². The molecule has 0 radical (unpaired) electrons. The van der Waals surface area contributed by atoms with Crippen LogP contribution < -0.4 is 5.73 Å². The molecular weight excluding hydrogens is 266 g/mol. The first-order valence-corrected chi connectivity index (χ1v) is 7.65. The number of nitro benzene ring substituents is 1. The molecule has 5 nitrogen and oxygen atoms in total. The molecule has 118 valence electrons. The van der Waals surface area contributed by atoms with Crippen LogP contribution in [0.15, 0.2) is 24.3 Å². The van der Waals surface area contributed by atoms with Crippen molar-refractivity contribution in [1.82, 2.24) is 4.90 Å². The highest BCUT2D eigenvalue weighted by Crippen LogP contribution is 2.22. The summed E-state index contributed by atoms with van der Waals surface area (Å²) in [5.41, 5.74) is 7.16. The van der Waals surface area contributed by atoms with Crippen LogP contribution >= 0.6 is 0 Å². The van der Waals surface area contributed by atoms with Gasteiger partial charge in [-0.3, -0.25) is 15.0 Å². The third-order valence-electron chi connectivity index (χ3n) is 3.92. The van der Waals surface area contributed by atoms with Crippen LogP contribution in [0.25, 0.3) is 0 Å². The van der Waals surface area contributed by atoms with Gasteiger partial charge in [0.05, 0.1) is 4.92 Å². The molecule has 0 spiro atoms. The van der Waals surface area contributed by atoms with Crippen LogP contribution in [0.4, 0.5) is 5.69 Å². The van der Waals surface area contributed by atoms with Crippen molar-refractivity contribution in [2.45, 2.75) is 45.6 Å². The van der Waals surface area contributed by atoms with Crippen LogP contribution in [0.1, 0.15) is 39.2 Å². The zero-order chi connectivity index (χ0) is 15.9. The van der Waals surface area contributed by atoms with E-state index in [4.69, 9.17) is 5.73 Å². The Hall–Kier alpha value is -1.46. The lowest BCUT2D eigenvalue weighted by Gasteiger charge is -2.41. The first-order valence-electron chi connectivity index (χ1n) is 7.65. The van der Waals surface area contributed by atoms with Crippen molar-refractivity contribution in [2.75, 3.05) is 19.6 Å². The Morgan fingerprint density at radius 3 is 2.10 bits per heavy atom. The molecule has 1 rings (SSSR count). The van der Waals surface area contributed by atoms with Gasteiger partial charge in [-0.15, -0.1) is 0 Å². The van der Waals surface area contributed by atoms with Crippen LogP contribution in [0.3, 0.4) is 0 Å². The normalized spacial score (nSPS) is 14.1. The fourth-order valence-corrected chi connectivity index (χ4v) is 2.68. The van der Waals surface area contributed by atoms with Gasteiger partial charge in [-0.1, -0.05) is 26.0 Å². The number of hydrogen-bond acceptors (Lipinski definition) is 4. The van der Waals surface area contributed by atoms with Crippen molar-refractivity contribution >= 4 is 5.69 Å². The summed E-state index contributed by atoms with van der Waals surface area (Å²) in [6, 6.07) is 6.80. The third kappa shape index (κ3) is 4.79. The molecule has 1 unspecified atom stereocenters. The highest BCUT2D eigenvalue weighted by molar-refractivity contribution is 5.33. The lowest BCUT2D eigenvalue weighted by molar-refractivity contribution is -0.384. The molecule has 0 amide bonds. The molecule has 0 aliphatic heterocycles. The molecule has 5 heteroatoms. The Balaban J connectivity index is 2.89. The molecule has 1 aromatic rings. The number of nitro groups is 1. The first kappa shape index (κ1) is 17.6. The summed E-state index contributed by atoms with van der Waals surface area (Å²) >= 11 is 0. The number of nitrogens with two attached hydrogens (primary N) is 1. The van der Waals surface area contributed by atoms with E-state index in [0.717, 1.165) is 37.9 Å². The summed E-state index contributed by atoms with van der Waals surface area (Å²) in [5, 5.41) is 10.7. The molecule has 0 aromatic heterocycles. The fourth-order valence-electron chi connectivity index (χ4n) is 2.68. The molecule has 2 N–H and O–H groups in total. The minimum absolute atomic E-state index is 0.109. The van der Waals surface area contributed by atoms with Gasteiger partial charge in [0.25, 0.3) is 5.69 Å². The predicted octanol–water partition coefficient (Wildman–Crippen LogP) is 2.98. The van der Waals surface area contributed by atoms with Crippen molar-refractivity contribution < 1.29 is 4.92 Å². The zero-order valence-electron chi connectivity index (χ0n) is 13.3. The zero-order valence-corrected chi connectivity index (χ0v) is 13.3. The van der Waals surface area contributed by atoms with Crippen LogP contribution in [0, 0.1) is 10.1 Å². The molecule has 0 bridgehead atoms. The minimum Gasteiger partial charge on any atom is -0.329 e. The van der Waals surface area contributed by atoms with E-state index in [2.05, 4.69) is 25.7 Å². The fraction of sp³-hybridized carbons (Fsp3) is 0.625. The van der Waals surface area contributed by atoms with E-state index in [0.29, 0.717) is 6.54 Å². The summed E-state index contributed by atoms with van der Waals surface area (Å²) in [5.74, 6) is 0. The Labute approximate surface area is 127 Å². The Kier molecular flexibility index (Phi) is 6.78. The second-order valence-electron chi connectivity index (χ2n) is 5.79. The minimum atomic E-state index is -0.369. The Bertz CT molecular complexity index is 441. The first-order chi connectivity index (χ1) is 9.96. The quantitative estimate of drug-likeness (QED) is 0.561. The van der Waals surface area contributed by atoms with E-state index in [1.807, 2.05) is 12.1 Å². The summed E-state index contributed by atoms with van der Waals surface area (Å²) in [6.45, 7) is 9.14. The molecule has 0 saturated heterocycles. The van der Waals surface area contributed by atoms with Gasteiger partial charge in [0, 0.05) is 24.2 Å². The van der Waals surface area contributed by atoms with E-state index in [-0.39, 0.29) is 16.1 Å². The topological polar surface area (TPSA) is 72.4 Å². The third-order valence-corrected chi connectivity index (χ3v) is 3.92. The molecule has 1 aromatic carbocycles. The second kappa shape index (κ2) is 8.10. The number of hydrogen-bond donors (Lipinski definition) is 1.